The number of amides is 2. The highest BCUT2D eigenvalue weighted by atomic mass is 32.1. The van der Waals surface area contributed by atoms with Gasteiger partial charge in [-0.15, -0.1) is 11.3 Å². The molecule has 0 saturated carbocycles. The Bertz CT molecular complexity index is 1210. The van der Waals surface area contributed by atoms with Gasteiger partial charge in [0.1, 0.15) is 5.75 Å². The summed E-state index contributed by atoms with van der Waals surface area (Å²) in [5, 5.41) is 4.99. The van der Waals surface area contributed by atoms with Gasteiger partial charge in [-0.25, -0.2) is 4.98 Å². The number of methoxy groups -OCH3 is 1. The van der Waals surface area contributed by atoms with E-state index in [1.807, 2.05) is 36.4 Å². The molecule has 1 aliphatic heterocycles. The lowest BCUT2D eigenvalue weighted by Gasteiger charge is -2.39. The maximum absolute atomic E-state index is 13.6. The van der Waals surface area contributed by atoms with Crippen LogP contribution >= 0.6 is 11.3 Å². The van der Waals surface area contributed by atoms with E-state index in [1.54, 1.807) is 43.5 Å². The van der Waals surface area contributed by atoms with Crippen LogP contribution in [0.1, 0.15) is 46.1 Å². The third kappa shape index (κ3) is 4.65. The molecule has 2 amide bonds. The summed E-state index contributed by atoms with van der Waals surface area (Å²) >= 11 is 1.24. The molecule has 0 bridgehead atoms. The number of benzene rings is 2. The van der Waals surface area contributed by atoms with Gasteiger partial charge in [-0.1, -0.05) is 30.3 Å². The maximum Gasteiger partial charge on any atom is 0.311 e. The second-order valence-corrected chi connectivity index (χ2v) is 8.67. The molecule has 3 aromatic rings. The predicted octanol–water partition coefficient (Wildman–Crippen LogP) is 3.81. The molecule has 1 aromatic heterocycles. The molecule has 176 valence electrons. The Balaban J connectivity index is 1.66. The first-order chi connectivity index (χ1) is 16.4. The summed E-state index contributed by atoms with van der Waals surface area (Å²) in [6.07, 6.45) is 0.0399. The second-order valence-electron chi connectivity index (χ2n) is 7.81. The Labute approximate surface area is 201 Å². The number of hydrogen-bond acceptors (Lipinski definition) is 7. The highest BCUT2D eigenvalue weighted by Crippen LogP contribution is 2.43. The molecule has 1 aliphatic rings. The van der Waals surface area contributed by atoms with Gasteiger partial charge in [0.15, 0.2) is 5.13 Å². The first-order valence-electron chi connectivity index (χ1n) is 10.8. The summed E-state index contributed by atoms with van der Waals surface area (Å²) in [4.78, 5) is 44.5. The number of ether oxygens (including phenoxy) is 2. The minimum Gasteiger partial charge on any atom is -0.497 e. The van der Waals surface area contributed by atoms with E-state index in [0.717, 1.165) is 5.56 Å². The molecule has 0 fully saturated rings. The number of anilines is 1. The van der Waals surface area contributed by atoms with Crippen molar-refractivity contribution in [2.75, 3.05) is 26.1 Å². The number of likely N-dealkylation sites (N-methyl/N-ethyl adjacent to an activating group) is 1. The van der Waals surface area contributed by atoms with Gasteiger partial charge in [-0.2, -0.15) is 0 Å². The first kappa shape index (κ1) is 23.4. The van der Waals surface area contributed by atoms with Crippen LogP contribution in [-0.4, -0.2) is 48.4 Å². The van der Waals surface area contributed by atoms with E-state index in [-0.39, 0.29) is 24.2 Å². The monoisotopic (exact) mass is 479 g/mol. The highest BCUT2D eigenvalue weighted by molar-refractivity contribution is 7.13. The third-order valence-electron chi connectivity index (χ3n) is 5.73. The van der Waals surface area contributed by atoms with Crippen molar-refractivity contribution >= 4 is 34.3 Å². The Morgan fingerprint density at radius 3 is 2.59 bits per heavy atom. The molecule has 1 N–H and O–H groups in total. The molecular weight excluding hydrogens is 454 g/mol. The lowest BCUT2D eigenvalue weighted by atomic mass is 9.79. The zero-order chi connectivity index (χ0) is 24.2. The van der Waals surface area contributed by atoms with Crippen LogP contribution in [0.15, 0.2) is 53.9 Å². The molecular formula is C25H25N3O5S. The number of hydrogen-bond donors (Lipinski definition) is 1. The van der Waals surface area contributed by atoms with Gasteiger partial charge < -0.3 is 19.7 Å². The van der Waals surface area contributed by atoms with E-state index < -0.39 is 12.0 Å². The molecule has 0 saturated heterocycles. The molecule has 2 heterocycles. The number of aromatic nitrogens is 1. The summed E-state index contributed by atoms with van der Waals surface area (Å²) < 4.78 is 10.2. The molecule has 2 atom stereocenters. The standard InChI is InChI=1S/C25H25N3O5S/c1-4-33-20(29)13-16-14-34-25(26-16)27-23(30)21-18-7-5-6-8-19(18)24(31)28(2)22(21)15-9-11-17(32-3)12-10-15/h5-12,14,21-22H,4,13H2,1-3H3,(H,26,27,30)/t21-,22+/m1/s1. The summed E-state index contributed by atoms with van der Waals surface area (Å²) in [6.45, 7) is 2.04. The maximum atomic E-state index is 13.6. The number of nitrogens with zero attached hydrogens (tertiary/aromatic N) is 2. The molecule has 8 nitrogen and oxygen atoms in total. The summed E-state index contributed by atoms with van der Waals surface area (Å²) in [5.41, 5.74) is 2.50. The summed E-state index contributed by atoms with van der Waals surface area (Å²) in [7, 11) is 3.29. The average molecular weight is 480 g/mol. The van der Waals surface area contributed by atoms with E-state index in [2.05, 4.69) is 10.3 Å². The number of rotatable bonds is 7. The Morgan fingerprint density at radius 2 is 1.88 bits per heavy atom. The first-order valence-corrected chi connectivity index (χ1v) is 11.7. The van der Waals surface area contributed by atoms with Crippen molar-refractivity contribution < 1.29 is 23.9 Å². The van der Waals surface area contributed by atoms with Gasteiger partial charge in [0, 0.05) is 18.0 Å². The predicted molar refractivity (Wildman–Crippen MR) is 128 cm³/mol. The number of esters is 1. The molecule has 2 aromatic carbocycles. The number of thiazole rings is 1. The Morgan fingerprint density at radius 1 is 1.15 bits per heavy atom. The number of nitrogens with one attached hydrogen (secondary N) is 1. The number of fused-ring (bicyclic) bond motifs is 1. The smallest absolute Gasteiger partial charge is 0.311 e. The molecule has 0 spiro atoms. The van der Waals surface area contributed by atoms with Crippen molar-refractivity contribution in [2.45, 2.75) is 25.3 Å². The fourth-order valence-electron chi connectivity index (χ4n) is 4.16. The van der Waals surface area contributed by atoms with Gasteiger partial charge >= 0.3 is 5.97 Å². The van der Waals surface area contributed by atoms with Crippen molar-refractivity contribution in [1.82, 2.24) is 9.88 Å². The zero-order valence-electron chi connectivity index (χ0n) is 19.1. The van der Waals surface area contributed by atoms with Crippen LogP contribution in [-0.2, 0) is 20.7 Å². The van der Waals surface area contributed by atoms with Gasteiger partial charge in [-0.3, -0.25) is 14.4 Å². The van der Waals surface area contributed by atoms with Crippen molar-refractivity contribution in [3.05, 3.63) is 76.3 Å². The summed E-state index contributed by atoms with van der Waals surface area (Å²) in [6, 6.07) is 14.0. The molecule has 0 unspecified atom stereocenters. The van der Waals surface area contributed by atoms with Crippen molar-refractivity contribution in [3.63, 3.8) is 0 Å². The molecule has 34 heavy (non-hydrogen) atoms. The van der Waals surface area contributed by atoms with Gasteiger partial charge in [0.2, 0.25) is 5.91 Å². The Hall–Kier alpha value is -3.72. The molecule has 9 heteroatoms. The zero-order valence-corrected chi connectivity index (χ0v) is 19.9. The SMILES string of the molecule is CCOC(=O)Cc1csc(NC(=O)[C@@H]2c3ccccc3C(=O)N(C)[C@H]2c2ccc(OC)cc2)n1. The van der Waals surface area contributed by atoms with Gasteiger partial charge in [0.25, 0.3) is 5.91 Å². The molecule has 4 rings (SSSR count). The molecule has 0 radical (unpaired) electrons. The van der Waals surface area contributed by atoms with Crippen LogP contribution in [0.2, 0.25) is 0 Å². The van der Waals surface area contributed by atoms with Crippen LogP contribution in [0.4, 0.5) is 5.13 Å². The number of carbonyl (C=O) groups is 3. The highest BCUT2D eigenvalue weighted by Gasteiger charge is 2.42. The van der Waals surface area contributed by atoms with Crippen molar-refractivity contribution in [3.8, 4) is 5.75 Å². The van der Waals surface area contributed by atoms with Crippen LogP contribution in [0.3, 0.4) is 0 Å². The van der Waals surface area contributed by atoms with Crippen LogP contribution in [0.25, 0.3) is 0 Å². The summed E-state index contributed by atoms with van der Waals surface area (Å²) in [5.74, 6) is -0.778. The minimum absolute atomic E-state index is 0.0399. The van der Waals surface area contributed by atoms with E-state index >= 15 is 0 Å². The normalized spacial score (nSPS) is 17.1. The quantitative estimate of drug-likeness (QED) is 0.518. The van der Waals surface area contributed by atoms with Gasteiger partial charge in [0.05, 0.1) is 37.8 Å². The fraction of sp³-hybridized carbons (Fsp3) is 0.280. The van der Waals surface area contributed by atoms with E-state index in [0.29, 0.717) is 34.3 Å². The number of carbonyl (C=O) groups excluding carboxylic acids is 3. The van der Waals surface area contributed by atoms with E-state index in [1.165, 1.54) is 11.3 Å². The van der Waals surface area contributed by atoms with Crippen molar-refractivity contribution in [2.24, 2.45) is 0 Å². The van der Waals surface area contributed by atoms with E-state index in [9.17, 15) is 14.4 Å². The van der Waals surface area contributed by atoms with Crippen LogP contribution in [0.5, 0.6) is 5.75 Å². The van der Waals surface area contributed by atoms with Crippen LogP contribution < -0.4 is 10.1 Å². The topological polar surface area (TPSA) is 97.8 Å². The fourth-order valence-corrected chi connectivity index (χ4v) is 4.88. The average Bonchev–Trinajstić information content (AvgIpc) is 3.27. The van der Waals surface area contributed by atoms with Crippen molar-refractivity contribution in [1.29, 1.82) is 0 Å². The lowest BCUT2D eigenvalue weighted by molar-refractivity contribution is -0.142. The molecule has 0 aliphatic carbocycles. The lowest BCUT2D eigenvalue weighted by Crippen LogP contribution is -2.44. The second kappa shape index (κ2) is 10.0. The van der Waals surface area contributed by atoms with Gasteiger partial charge in [-0.05, 0) is 36.2 Å². The third-order valence-corrected chi connectivity index (χ3v) is 6.54. The Kier molecular flexibility index (Phi) is 6.93. The minimum atomic E-state index is -0.662. The largest absolute Gasteiger partial charge is 0.497 e. The van der Waals surface area contributed by atoms with Crippen LogP contribution in [0, 0.1) is 0 Å². The van der Waals surface area contributed by atoms with E-state index in [4.69, 9.17) is 9.47 Å².